The lowest BCUT2D eigenvalue weighted by molar-refractivity contribution is 0.0661. The second-order valence-electron chi connectivity index (χ2n) is 4.38. The zero-order valence-electron chi connectivity index (χ0n) is 10.6. The number of aromatic carboxylic acids is 1. The maximum atomic E-state index is 12.5. The Morgan fingerprint density at radius 2 is 2.26 bits per heavy atom. The molecule has 0 bridgehead atoms. The van der Waals surface area contributed by atoms with Gasteiger partial charge in [-0.3, -0.25) is 0 Å². The molecule has 1 atom stereocenters. The van der Waals surface area contributed by atoms with E-state index in [1.807, 2.05) is 6.92 Å². The van der Waals surface area contributed by atoms with Crippen LogP contribution in [0.15, 0.2) is 15.4 Å². The highest BCUT2D eigenvalue weighted by atomic mass is 32.2. The fourth-order valence-electron chi connectivity index (χ4n) is 2.02. The molecule has 1 fully saturated rings. The van der Waals surface area contributed by atoms with Crippen molar-refractivity contribution in [2.45, 2.75) is 24.8 Å². The van der Waals surface area contributed by atoms with Gasteiger partial charge in [0.2, 0.25) is 15.8 Å². The molecular weight excluding hydrogens is 290 g/mol. The molecular formula is C11H15NO5S2. The highest BCUT2D eigenvalue weighted by molar-refractivity contribution is 7.99. The highest BCUT2D eigenvalue weighted by Gasteiger charge is 2.34. The van der Waals surface area contributed by atoms with Crippen LogP contribution in [0.1, 0.15) is 23.2 Å². The summed E-state index contributed by atoms with van der Waals surface area (Å²) in [6.07, 6.45) is 0. The number of aryl methyl sites for hydroxylation is 1. The molecule has 0 radical (unpaired) electrons. The monoisotopic (exact) mass is 305 g/mol. The van der Waals surface area contributed by atoms with Crippen LogP contribution >= 0.6 is 11.8 Å². The van der Waals surface area contributed by atoms with E-state index in [4.69, 9.17) is 9.52 Å². The molecule has 1 aromatic rings. The lowest BCUT2D eigenvalue weighted by Crippen LogP contribution is -2.44. The lowest BCUT2D eigenvalue weighted by atomic mass is 10.4. The first-order valence-corrected chi connectivity index (χ1v) is 8.37. The molecule has 1 N–H and O–H groups in total. The first-order chi connectivity index (χ1) is 8.84. The predicted molar refractivity (Wildman–Crippen MR) is 71.1 cm³/mol. The van der Waals surface area contributed by atoms with Crippen LogP contribution in [0.5, 0.6) is 0 Å². The second-order valence-corrected chi connectivity index (χ2v) is 7.38. The van der Waals surface area contributed by atoms with E-state index in [1.165, 1.54) is 11.2 Å². The molecule has 1 unspecified atom stereocenters. The van der Waals surface area contributed by atoms with Crippen molar-refractivity contribution in [3.05, 3.63) is 17.6 Å². The van der Waals surface area contributed by atoms with Crippen molar-refractivity contribution >= 4 is 27.8 Å². The summed E-state index contributed by atoms with van der Waals surface area (Å²) in [5.74, 6) is -0.0292. The Hall–Kier alpha value is -0.990. The van der Waals surface area contributed by atoms with Gasteiger partial charge < -0.3 is 9.52 Å². The molecule has 106 valence electrons. The number of sulfonamides is 1. The van der Waals surface area contributed by atoms with E-state index in [1.54, 1.807) is 11.8 Å². The van der Waals surface area contributed by atoms with Gasteiger partial charge in [-0.15, -0.1) is 0 Å². The topological polar surface area (TPSA) is 87.8 Å². The number of hydrogen-bond acceptors (Lipinski definition) is 5. The van der Waals surface area contributed by atoms with Crippen LogP contribution in [-0.4, -0.2) is 47.9 Å². The molecule has 6 nitrogen and oxygen atoms in total. The van der Waals surface area contributed by atoms with Gasteiger partial charge in [0.15, 0.2) is 0 Å². The molecule has 0 saturated carbocycles. The minimum absolute atomic E-state index is 0.0522. The number of carbonyl (C=O) groups is 1. The van der Waals surface area contributed by atoms with Crippen LogP contribution in [0.2, 0.25) is 0 Å². The Labute approximate surface area is 115 Å². The summed E-state index contributed by atoms with van der Waals surface area (Å²) in [6.45, 7) is 3.74. The van der Waals surface area contributed by atoms with E-state index in [-0.39, 0.29) is 22.5 Å². The molecule has 1 saturated heterocycles. The van der Waals surface area contributed by atoms with Crippen LogP contribution < -0.4 is 0 Å². The van der Waals surface area contributed by atoms with Crippen LogP contribution in [0.4, 0.5) is 0 Å². The SMILES string of the molecule is Cc1oc(C(=O)O)cc1S(=O)(=O)N1CCSCC1C. The van der Waals surface area contributed by atoms with E-state index < -0.39 is 16.0 Å². The Morgan fingerprint density at radius 3 is 2.79 bits per heavy atom. The molecule has 1 aromatic heterocycles. The molecule has 0 amide bonds. The zero-order chi connectivity index (χ0) is 14.2. The maximum absolute atomic E-state index is 12.5. The average molecular weight is 305 g/mol. The summed E-state index contributed by atoms with van der Waals surface area (Å²) in [5, 5.41) is 8.85. The lowest BCUT2D eigenvalue weighted by Gasteiger charge is -2.31. The highest BCUT2D eigenvalue weighted by Crippen LogP contribution is 2.28. The number of rotatable bonds is 3. The van der Waals surface area contributed by atoms with Gasteiger partial charge >= 0.3 is 5.97 Å². The fourth-order valence-corrected chi connectivity index (χ4v) is 5.04. The van der Waals surface area contributed by atoms with Crippen molar-refractivity contribution in [3.8, 4) is 0 Å². The first-order valence-electron chi connectivity index (χ1n) is 5.77. The third-order valence-electron chi connectivity index (χ3n) is 2.98. The first kappa shape index (κ1) is 14.4. The van der Waals surface area contributed by atoms with Crippen LogP contribution in [-0.2, 0) is 10.0 Å². The maximum Gasteiger partial charge on any atom is 0.371 e. The third kappa shape index (κ3) is 2.65. The normalized spacial score (nSPS) is 21.5. The van der Waals surface area contributed by atoms with Crippen molar-refractivity contribution in [2.24, 2.45) is 0 Å². The fraction of sp³-hybridized carbons (Fsp3) is 0.545. The zero-order valence-corrected chi connectivity index (χ0v) is 12.3. The van der Waals surface area contributed by atoms with Crippen LogP contribution in [0, 0.1) is 6.92 Å². The average Bonchev–Trinajstić information content (AvgIpc) is 2.72. The van der Waals surface area contributed by atoms with Gasteiger partial charge in [0.1, 0.15) is 10.7 Å². The Morgan fingerprint density at radius 1 is 1.58 bits per heavy atom. The van der Waals surface area contributed by atoms with Gasteiger partial charge in [0.05, 0.1) is 0 Å². The van der Waals surface area contributed by atoms with E-state index >= 15 is 0 Å². The molecule has 0 aromatic carbocycles. The van der Waals surface area contributed by atoms with Crippen molar-refractivity contribution in [2.75, 3.05) is 18.1 Å². The summed E-state index contributed by atoms with van der Waals surface area (Å²) in [6, 6.07) is 0.980. The van der Waals surface area contributed by atoms with Gasteiger partial charge in [-0.25, -0.2) is 13.2 Å². The number of carboxylic acid groups (broad SMARTS) is 1. The number of nitrogens with zero attached hydrogens (tertiary/aromatic N) is 1. The van der Waals surface area contributed by atoms with Gasteiger partial charge in [0, 0.05) is 30.2 Å². The number of carboxylic acids is 1. The Kier molecular flexibility index (Phi) is 3.93. The van der Waals surface area contributed by atoms with Gasteiger partial charge in [-0.2, -0.15) is 16.1 Å². The van der Waals surface area contributed by atoms with Crippen molar-refractivity contribution in [3.63, 3.8) is 0 Å². The summed E-state index contributed by atoms with van der Waals surface area (Å²) < 4.78 is 31.4. The van der Waals surface area contributed by atoms with Crippen molar-refractivity contribution in [1.29, 1.82) is 0 Å². The number of hydrogen-bond donors (Lipinski definition) is 1. The van der Waals surface area contributed by atoms with Crippen molar-refractivity contribution in [1.82, 2.24) is 4.31 Å². The summed E-state index contributed by atoms with van der Waals surface area (Å²) in [5.41, 5.74) is 0. The summed E-state index contributed by atoms with van der Waals surface area (Å²) in [7, 11) is -3.69. The molecule has 1 aliphatic rings. The Bertz CT molecular complexity index is 592. The standard InChI is InChI=1S/C11H15NO5S2/c1-7-6-18-4-3-12(7)19(15,16)10-5-9(11(13)14)17-8(10)2/h5,7H,3-4,6H2,1-2H3,(H,13,14). The number of furan rings is 1. The minimum Gasteiger partial charge on any atom is -0.475 e. The van der Waals surface area contributed by atoms with E-state index in [0.29, 0.717) is 6.54 Å². The molecule has 8 heteroatoms. The largest absolute Gasteiger partial charge is 0.475 e. The molecule has 1 aliphatic heterocycles. The molecule has 2 heterocycles. The van der Waals surface area contributed by atoms with Crippen molar-refractivity contribution < 1.29 is 22.7 Å². The predicted octanol–water partition coefficient (Wildman–Crippen LogP) is 1.41. The van der Waals surface area contributed by atoms with Gasteiger partial charge in [-0.1, -0.05) is 0 Å². The summed E-state index contributed by atoms with van der Waals surface area (Å²) >= 11 is 1.71. The number of thioether (sulfide) groups is 1. The van der Waals surface area contributed by atoms with E-state index in [2.05, 4.69) is 0 Å². The smallest absolute Gasteiger partial charge is 0.371 e. The third-order valence-corrected chi connectivity index (χ3v) is 6.29. The summed E-state index contributed by atoms with van der Waals surface area (Å²) in [4.78, 5) is 10.8. The van der Waals surface area contributed by atoms with Crippen LogP contribution in [0.25, 0.3) is 0 Å². The van der Waals surface area contributed by atoms with E-state index in [9.17, 15) is 13.2 Å². The molecule has 0 spiro atoms. The van der Waals surface area contributed by atoms with Crippen LogP contribution in [0.3, 0.4) is 0 Å². The minimum atomic E-state index is -3.69. The Balaban J connectivity index is 2.41. The van der Waals surface area contributed by atoms with Gasteiger partial charge in [0.25, 0.3) is 0 Å². The molecule has 2 rings (SSSR count). The second kappa shape index (κ2) is 5.18. The molecule has 0 aliphatic carbocycles. The quantitative estimate of drug-likeness (QED) is 0.908. The molecule has 19 heavy (non-hydrogen) atoms. The van der Waals surface area contributed by atoms with E-state index in [0.717, 1.165) is 17.6 Å². The van der Waals surface area contributed by atoms with Gasteiger partial charge in [-0.05, 0) is 13.8 Å².